The van der Waals surface area contributed by atoms with Crippen LogP contribution in [0.1, 0.15) is 27.9 Å². The molecular formula is C14H14FNO4. The molecule has 0 saturated heterocycles. The van der Waals surface area contributed by atoms with E-state index >= 15 is 0 Å². The number of hydrogen-bond donors (Lipinski definition) is 1. The molecule has 0 aliphatic rings. The van der Waals surface area contributed by atoms with Gasteiger partial charge in [0.25, 0.3) is 0 Å². The SMILES string of the molecule is COC(=O)c1ccc(C(N)c2ccc(F)c(OC)c2)o1. The van der Waals surface area contributed by atoms with Gasteiger partial charge in [0.1, 0.15) is 5.76 Å². The molecule has 106 valence electrons. The minimum Gasteiger partial charge on any atom is -0.494 e. The molecule has 0 aliphatic heterocycles. The Kier molecular flexibility index (Phi) is 4.05. The van der Waals surface area contributed by atoms with Crippen LogP contribution in [0.4, 0.5) is 4.39 Å². The number of nitrogens with two attached hydrogens (primary N) is 1. The molecule has 1 unspecified atom stereocenters. The molecule has 2 rings (SSSR count). The number of rotatable bonds is 4. The molecule has 0 radical (unpaired) electrons. The normalized spacial score (nSPS) is 12.0. The number of methoxy groups -OCH3 is 2. The van der Waals surface area contributed by atoms with Gasteiger partial charge in [-0.05, 0) is 29.8 Å². The van der Waals surface area contributed by atoms with Crippen molar-refractivity contribution in [3.05, 3.63) is 53.2 Å². The van der Waals surface area contributed by atoms with E-state index in [1.807, 2.05) is 0 Å². The van der Waals surface area contributed by atoms with Gasteiger partial charge in [-0.1, -0.05) is 6.07 Å². The quantitative estimate of drug-likeness (QED) is 0.869. The van der Waals surface area contributed by atoms with Gasteiger partial charge in [0.2, 0.25) is 5.76 Å². The standard InChI is InChI=1S/C14H14FNO4/c1-18-12-7-8(3-4-9(12)15)13(16)10-5-6-11(20-10)14(17)19-2/h3-7,13H,16H2,1-2H3. The monoisotopic (exact) mass is 279 g/mol. The van der Waals surface area contributed by atoms with Gasteiger partial charge in [-0.25, -0.2) is 9.18 Å². The first-order valence-electron chi connectivity index (χ1n) is 5.84. The fraction of sp³-hybridized carbons (Fsp3) is 0.214. The molecular weight excluding hydrogens is 265 g/mol. The number of ether oxygens (including phenoxy) is 2. The molecule has 0 spiro atoms. The Bertz CT molecular complexity index is 623. The highest BCUT2D eigenvalue weighted by Crippen LogP contribution is 2.26. The van der Waals surface area contributed by atoms with Gasteiger partial charge >= 0.3 is 5.97 Å². The average Bonchev–Trinajstić information content (AvgIpc) is 2.96. The summed E-state index contributed by atoms with van der Waals surface area (Å²) in [5.41, 5.74) is 6.63. The van der Waals surface area contributed by atoms with E-state index in [9.17, 15) is 9.18 Å². The fourth-order valence-corrected chi connectivity index (χ4v) is 1.76. The fourth-order valence-electron chi connectivity index (χ4n) is 1.76. The molecule has 6 heteroatoms. The second-order valence-electron chi connectivity index (χ2n) is 4.07. The summed E-state index contributed by atoms with van der Waals surface area (Å²) in [7, 11) is 2.63. The van der Waals surface area contributed by atoms with Gasteiger partial charge in [0, 0.05) is 0 Å². The molecule has 20 heavy (non-hydrogen) atoms. The van der Waals surface area contributed by atoms with E-state index in [1.165, 1.54) is 38.5 Å². The topological polar surface area (TPSA) is 74.7 Å². The van der Waals surface area contributed by atoms with Crippen LogP contribution in [0.15, 0.2) is 34.7 Å². The Labute approximate surface area is 115 Å². The lowest BCUT2D eigenvalue weighted by Crippen LogP contribution is -2.11. The molecule has 0 bridgehead atoms. The van der Waals surface area contributed by atoms with E-state index in [0.717, 1.165) is 0 Å². The van der Waals surface area contributed by atoms with Gasteiger partial charge in [0.15, 0.2) is 11.6 Å². The lowest BCUT2D eigenvalue weighted by Gasteiger charge is -2.11. The third kappa shape index (κ3) is 2.65. The van der Waals surface area contributed by atoms with Crippen molar-refractivity contribution in [2.45, 2.75) is 6.04 Å². The smallest absolute Gasteiger partial charge is 0.373 e. The predicted octanol–water partition coefficient (Wildman–Crippen LogP) is 2.26. The zero-order valence-electron chi connectivity index (χ0n) is 11.1. The van der Waals surface area contributed by atoms with Gasteiger partial charge in [-0.2, -0.15) is 0 Å². The van der Waals surface area contributed by atoms with Crippen molar-refractivity contribution in [1.82, 2.24) is 0 Å². The lowest BCUT2D eigenvalue weighted by molar-refractivity contribution is 0.0562. The van der Waals surface area contributed by atoms with E-state index in [2.05, 4.69) is 4.74 Å². The van der Waals surface area contributed by atoms with Crippen LogP contribution >= 0.6 is 0 Å². The highest BCUT2D eigenvalue weighted by atomic mass is 19.1. The third-order valence-corrected chi connectivity index (χ3v) is 2.85. The Balaban J connectivity index is 2.29. The van der Waals surface area contributed by atoms with Crippen molar-refractivity contribution in [1.29, 1.82) is 0 Å². The molecule has 2 N–H and O–H groups in total. The Morgan fingerprint density at radius 2 is 2.05 bits per heavy atom. The van der Waals surface area contributed by atoms with E-state index in [4.69, 9.17) is 14.9 Å². The van der Waals surface area contributed by atoms with Crippen LogP contribution in [0.3, 0.4) is 0 Å². The van der Waals surface area contributed by atoms with Gasteiger partial charge < -0.3 is 19.6 Å². The maximum atomic E-state index is 13.3. The van der Waals surface area contributed by atoms with Crippen molar-refractivity contribution >= 4 is 5.97 Å². The average molecular weight is 279 g/mol. The summed E-state index contributed by atoms with van der Waals surface area (Å²) in [4.78, 5) is 11.3. The molecule has 1 aromatic carbocycles. The second-order valence-corrected chi connectivity index (χ2v) is 4.07. The first kappa shape index (κ1) is 14.1. The Morgan fingerprint density at radius 1 is 1.30 bits per heavy atom. The lowest BCUT2D eigenvalue weighted by atomic mass is 10.1. The summed E-state index contributed by atoms with van der Waals surface area (Å²) in [6, 6.07) is 6.69. The van der Waals surface area contributed by atoms with Crippen LogP contribution in [0, 0.1) is 5.82 Å². The molecule has 0 fully saturated rings. The van der Waals surface area contributed by atoms with E-state index in [1.54, 1.807) is 6.07 Å². The van der Waals surface area contributed by atoms with Gasteiger partial charge in [-0.3, -0.25) is 0 Å². The van der Waals surface area contributed by atoms with Gasteiger partial charge in [-0.15, -0.1) is 0 Å². The molecule has 5 nitrogen and oxygen atoms in total. The van der Waals surface area contributed by atoms with E-state index < -0.39 is 17.8 Å². The van der Waals surface area contributed by atoms with Crippen LogP contribution in [0.25, 0.3) is 0 Å². The molecule has 2 aromatic rings. The first-order chi connectivity index (χ1) is 9.56. The maximum absolute atomic E-state index is 13.3. The minimum atomic E-state index is -0.636. The number of carbonyl (C=O) groups excluding carboxylic acids is 1. The highest BCUT2D eigenvalue weighted by molar-refractivity contribution is 5.86. The zero-order chi connectivity index (χ0) is 14.7. The van der Waals surface area contributed by atoms with Crippen LogP contribution < -0.4 is 10.5 Å². The molecule has 1 aromatic heterocycles. The second kappa shape index (κ2) is 5.75. The van der Waals surface area contributed by atoms with E-state index in [-0.39, 0.29) is 11.5 Å². The van der Waals surface area contributed by atoms with Crippen molar-refractivity contribution in [3.8, 4) is 5.75 Å². The van der Waals surface area contributed by atoms with Crippen LogP contribution in [-0.4, -0.2) is 20.2 Å². The zero-order valence-corrected chi connectivity index (χ0v) is 11.1. The van der Waals surface area contributed by atoms with E-state index in [0.29, 0.717) is 11.3 Å². The molecule has 0 saturated carbocycles. The Hall–Kier alpha value is -2.34. The highest BCUT2D eigenvalue weighted by Gasteiger charge is 2.18. The summed E-state index contributed by atoms with van der Waals surface area (Å²) < 4.78 is 28.1. The van der Waals surface area contributed by atoms with Crippen molar-refractivity contribution < 1.29 is 23.1 Å². The predicted molar refractivity (Wildman–Crippen MR) is 69.0 cm³/mol. The summed E-state index contributed by atoms with van der Waals surface area (Å²) in [5.74, 6) is -0.526. The van der Waals surface area contributed by atoms with Crippen LogP contribution in [-0.2, 0) is 4.74 Å². The Morgan fingerprint density at radius 3 is 2.70 bits per heavy atom. The molecule has 0 amide bonds. The number of carbonyl (C=O) groups is 1. The number of furan rings is 1. The van der Waals surface area contributed by atoms with Crippen molar-refractivity contribution in [2.75, 3.05) is 14.2 Å². The maximum Gasteiger partial charge on any atom is 0.373 e. The minimum absolute atomic E-state index is 0.0621. The molecule has 0 aliphatic carbocycles. The molecule has 1 heterocycles. The van der Waals surface area contributed by atoms with Crippen molar-refractivity contribution in [2.24, 2.45) is 5.73 Å². The number of halogens is 1. The van der Waals surface area contributed by atoms with Crippen molar-refractivity contribution in [3.63, 3.8) is 0 Å². The molecule has 1 atom stereocenters. The number of hydrogen-bond acceptors (Lipinski definition) is 5. The first-order valence-corrected chi connectivity index (χ1v) is 5.84. The largest absolute Gasteiger partial charge is 0.494 e. The van der Waals surface area contributed by atoms with Crippen LogP contribution in [0.5, 0.6) is 5.75 Å². The van der Waals surface area contributed by atoms with Gasteiger partial charge in [0.05, 0.1) is 20.3 Å². The summed E-state index contributed by atoms with van der Waals surface area (Å²) in [6.07, 6.45) is 0. The summed E-state index contributed by atoms with van der Waals surface area (Å²) >= 11 is 0. The third-order valence-electron chi connectivity index (χ3n) is 2.85. The summed E-state index contributed by atoms with van der Waals surface area (Å²) in [6.45, 7) is 0. The summed E-state index contributed by atoms with van der Waals surface area (Å²) in [5, 5.41) is 0. The van der Waals surface area contributed by atoms with Crippen LogP contribution in [0.2, 0.25) is 0 Å². The number of benzene rings is 1. The number of esters is 1.